The van der Waals surface area contributed by atoms with Crippen LogP contribution in [0, 0.1) is 0 Å². The van der Waals surface area contributed by atoms with Gasteiger partial charge in [-0.25, -0.2) is 0 Å². The van der Waals surface area contributed by atoms with E-state index in [0.717, 1.165) is 44.6 Å². The van der Waals surface area contributed by atoms with Gasteiger partial charge in [-0.3, -0.25) is 14.4 Å². The van der Waals surface area contributed by atoms with Crippen LogP contribution in [0.2, 0.25) is 0 Å². The Balaban J connectivity index is 1.35. The Morgan fingerprint density at radius 1 is 1.20 bits per heavy atom. The Labute approximate surface area is 179 Å². The third-order valence-corrected chi connectivity index (χ3v) is 6.27. The molecule has 0 unspecified atom stereocenters. The summed E-state index contributed by atoms with van der Waals surface area (Å²) in [5.74, 6) is 0.0718. The predicted octanol–water partition coefficient (Wildman–Crippen LogP) is 1.74. The summed E-state index contributed by atoms with van der Waals surface area (Å²) in [4.78, 5) is 19.7. The molecule has 1 spiro atoms. The van der Waals surface area contributed by atoms with Gasteiger partial charge in [0.1, 0.15) is 6.10 Å². The van der Waals surface area contributed by atoms with E-state index in [2.05, 4.69) is 40.3 Å². The summed E-state index contributed by atoms with van der Waals surface area (Å²) in [6.45, 7) is 5.02. The number of nitrogens with zero attached hydrogens (tertiary/aromatic N) is 5. The van der Waals surface area contributed by atoms with Gasteiger partial charge >= 0.3 is 0 Å². The summed E-state index contributed by atoms with van der Waals surface area (Å²) >= 11 is 0. The standard InChI is InChI=1S/C23H33N5O2/c1-25-17-21(22(29)26(2)14-19-7-5-4-6-8-19)30-23(18-25)9-11-28(12-10-23)16-20-13-24-27(3)15-20/h4-8,13,15,21H,9-12,14,16-18H2,1-3H3/t21-/m0/s1. The zero-order valence-corrected chi connectivity index (χ0v) is 18.3. The molecule has 0 saturated carbocycles. The highest BCUT2D eigenvalue weighted by molar-refractivity contribution is 5.81. The Kier molecular flexibility index (Phi) is 6.22. The van der Waals surface area contributed by atoms with Crippen LogP contribution in [0.25, 0.3) is 0 Å². The number of piperidine rings is 1. The summed E-state index contributed by atoms with van der Waals surface area (Å²) in [5.41, 5.74) is 2.15. The van der Waals surface area contributed by atoms with Crippen molar-refractivity contribution in [1.29, 1.82) is 0 Å². The fraction of sp³-hybridized carbons (Fsp3) is 0.565. The lowest BCUT2D eigenvalue weighted by Gasteiger charge is -2.49. The maximum atomic E-state index is 13.1. The SMILES string of the molecule is CN1C[C@@H](C(=O)N(C)Cc2ccccc2)OC2(CCN(Cc3cnn(C)c3)CC2)C1. The zero-order chi connectivity index (χ0) is 21.1. The van der Waals surface area contributed by atoms with Gasteiger partial charge in [-0.15, -0.1) is 0 Å². The lowest BCUT2D eigenvalue weighted by atomic mass is 9.88. The fourth-order valence-electron chi connectivity index (χ4n) is 4.73. The van der Waals surface area contributed by atoms with Crippen LogP contribution in [0.15, 0.2) is 42.7 Å². The monoisotopic (exact) mass is 411 g/mol. The second-order valence-corrected chi connectivity index (χ2v) is 8.96. The van der Waals surface area contributed by atoms with Crippen LogP contribution in [0.3, 0.4) is 0 Å². The van der Waals surface area contributed by atoms with E-state index < -0.39 is 6.10 Å². The summed E-state index contributed by atoms with van der Waals surface area (Å²) in [7, 11) is 5.92. The van der Waals surface area contributed by atoms with Crippen molar-refractivity contribution in [3.8, 4) is 0 Å². The number of likely N-dealkylation sites (tertiary alicyclic amines) is 1. The number of amides is 1. The molecule has 2 aliphatic heterocycles. The smallest absolute Gasteiger partial charge is 0.253 e. The Morgan fingerprint density at radius 3 is 2.60 bits per heavy atom. The van der Waals surface area contributed by atoms with Crippen LogP contribution >= 0.6 is 0 Å². The van der Waals surface area contributed by atoms with E-state index in [1.54, 1.807) is 4.90 Å². The molecular weight excluding hydrogens is 378 g/mol. The van der Waals surface area contributed by atoms with Gasteiger partial charge in [0.25, 0.3) is 5.91 Å². The van der Waals surface area contributed by atoms with E-state index in [1.807, 2.05) is 43.2 Å². The first-order chi connectivity index (χ1) is 14.4. The predicted molar refractivity (Wildman–Crippen MR) is 116 cm³/mol. The second kappa shape index (κ2) is 8.88. The Hall–Kier alpha value is -2.22. The normalized spacial score (nSPS) is 22.3. The summed E-state index contributed by atoms with van der Waals surface area (Å²) in [5, 5.41) is 4.27. The number of hydrogen-bond acceptors (Lipinski definition) is 5. The lowest BCUT2D eigenvalue weighted by Crippen LogP contribution is -2.61. The van der Waals surface area contributed by atoms with Crippen LogP contribution in [0.4, 0.5) is 0 Å². The van der Waals surface area contributed by atoms with E-state index in [0.29, 0.717) is 13.1 Å². The first-order valence-corrected chi connectivity index (χ1v) is 10.8. The molecule has 7 heteroatoms. The maximum absolute atomic E-state index is 13.1. The molecule has 0 aliphatic carbocycles. The third-order valence-electron chi connectivity index (χ3n) is 6.27. The van der Waals surface area contributed by atoms with Crippen LogP contribution in [-0.4, -0.2) is 82.4 Å². The number of carbonyl (C=O) groups excluding carboxylic acids is 1. The first kappa shape index (κ1) is 21.0. The maximum Gasteiger partial charge on any atom is 0.253 e. The van der Waals surface area contributed by atoms with Crippen molar-refractivity contribution >= 4 is 5.91 Å². The zero-order valence-electron chi connectivity index (χ0n) is 18.3. The first-order valence-electron chi connectivity index (χ1n) is 10.8. The molecule has 7 nitrogen and oxygen atoms in total. The van der Waals surface area contributed by atoms with Gasteiger partial charge in [0, 0.05) is 65.1 Å². The van der Waals surface area contributed by atoms with E-state index in [1.165, 1.54) is 5.56 Å². The highest BCUT2D eigenvalue weighted by atomic mass is 16.5. The minimum Gasteiger partial charge on any atom is -0.359 e. The Bertz CT molecular complexity index is 844. The van der Waals surface area contributed by atoms with Crippen molar-refractivity contribution in [1.82, 2.24) is 24.5 Å². The highest BCUT2D eigenvalue weighted by Crippen LogP contribution is 2.33. The largest absolute Gasteiger partial charge is 0.359 e. The summed E-state index contributed by atoms with van der Waals surface area (Å²) < 4.78 is 8.38. The quantitative estimate of drug-likeness (QED) is 0.750. The number of carbonyl (C=O) groups is 1. The van der Waals surface area contributed by atoms with Gasteiger partial charge in [-0.2, -0.15) is 5.10 Å². The number of rotatable bonds is 5. The Morgan fingerprint density at radius 2 is 1.93 bits per heavy atom. The van der Waals surface area contributed by atoms with Crippen LogP contribution in [0.1, 0.15) is 24.0 Å². The average molecular weight is 412 g/mol. The van der Waals surface area contributed by atoms with Crippen LogP contribution in [0.5, 0.6) is 0 Å². The van der Waals surface area contributed by atoms with Crippen molar-refractivity contribution in [3.63, 3.8) is 0 Å². The van der Waals surface area contributed by atoms with E-state index >= 15 is 0 Å². The molecule has 30 heavy (non-hydrogen) atoms. The van der Waals surface area contributed by atoms with Gasteiger partial charge in [-0.1, -0.05) is 30.3 Å². The molecule has 1 aromatic carbocycles. The number of aromatic nitrogens is 2. The lowest BCUT2D eigenvalue weighted by molar-refractivity contribution is -0.188. The molecular formula is C23H33N5O2. The van der Waals surface area contributed by atoms with Gasteiger partial charge in [0.15, 0.2) is 0 Å². The number of benzene rings is 1. The van der Waals surface area contributed by atoms with Crippen molar-refractivity contribution in [2.75, 3.05) is 40.3 Å². The van der Waals surface area contributed by atoms with E-state index in [4.69, 9.17) is 4.74 Å². The molecule has 4 rings (SSSR count). The number of hydrogen-bond donors (Lipinski definition) is 0. The molecule has 0 radical (unpaired) electrons. The number of likely N-dealkylation sites (N-methyl/N-ethyl adjacent to an activating group) is 2. The molecule has 2 aliphatic rings. The van der Waals surface area contributed by atoms with E-state index in [9.17, 15) is 4.79 Å². The molecule has 3 heterocycles. The van der Waals surface area contributed by atoms with E-state index in [-0.39, 0.29) is 11.5 Å². The highest BCUT2D eigenvalue weighted by Gasteiger charge is 2.44. The van der Waals surface area contributed by atoms with Gasteiger partial charge < -0.3 is 14.5 Å². The molecule has 1 amide bonds. The van der Waals surface area contributed by atoms with Crippen molar-refractivity contribution in [2.24, 2.45) is 7.05 Å². The van der Waals surface area contributed by atoms with Gasteiger partial charge in [0.2, 0.25) is 0 Å². The van der Waals surface area contributed by atoms with Gasteiger partial charge in [-0.05, 0) is 25.5 Å². The minimum absolute atomic E-state index is 0.0718. The minimum atomic E-state index is -0.401. The number of aryl methyl sites for hydroxylation is 1. The third kappa shape index (κ3) is 4.91. The molecule has 2 saturated heterocycles. The molecule has 1 atom stereocenters. The molecule has 1 aromatic heterocycles. The van der Waals surface area contributed by atoms with Crippen LogP contribution in [-0.2, 0) is 29.7 Å². The number of ether oxygens (including phenoxy) is 1. The molecule has 2 fully saturated rings. The van der Waals surface area contributed by atoms with Gasteiger partial charge in [0.05, 0.1) is 11.8 Å². The summed E-state index contributed by atoms with van der Waals surface area (Å²) in [6.07, 6.45) is 5.51. The van der Waals surface area contributed by atoms with Crippen molar-refractivity contribution < 1.29 is 9.53 Å². The summed E-state index contributed by atoms with van der Waals surface area (Å²) in [6, 6.07) is 10.1. The average Bonchev–Trinajstić information content (AvgIpc) is 3.14. The molecule has 162 valence electrons. The van der Waals surface area contributed by atoms with Crippen molar-refractivity contribution in [3.05, 3.63) is 53.9 Å². The second-order valence-electron chi connectivity index (χ2n) is 8.96. The molecule has 0 bridgehead atoms. The molecule has 2 aromatic rings. The number of morpholine rings is 1. The topological polar surface area (TPSA) is 53.8 Å². The molecule has 0 N–H and O–H groups in total. The fourth-order valence-corrected chi connectivity index (χ4v) is 4.73. The van der Waals surface area contributed by atoms with Crippen LogP contribution < -0.4 is 0 Å². The van der Waals surface area contributed by atoms with Crippen molar-refractivity contribution in [2.45, 2.75) is 37.6 Å².